The van der Waals surface area contributed by atoms with Crippen LogP contribution in [0.15, 0.2) is 0 Å². The van der Waals surface area contributed by atoms with E-state index in [2.05, 4.69) is 5.32 Å². The summed E-state index contributed by atoms with van der Waals surface area (Å²) in [6, 6.07) is 0. The monoisotopic (exact) mass is 106 g/mol. The Morgan fingerprint density at radius 2 is 1.57 bits per heavy atom. The van der Waals surface area contributed by atoms with Gasteiger partial charge in [0.2, 0.25) is 0 Å². The van der Waals surface area contributed by atoms with Crippen molar-refractivity contribution in [3.8, 4) is 0 Å². The Bertz CT molecular complexity index is 55.2. The summed E-state index contributed by atoms with van der Waals surface area (Å²) in [5.41, 5.74) is 5.53. The molecule has 0 aromatic heterocycles. The third-order valence-electron chi connectivity index (χ3n) is 0.250. The van der Waals surface area contributed by atoms with E-state index < -0.39 is 5.02 Å². The molecule has 4 N–H and O–H groups in total. The van der Waals surface area contributed by atoms with Crippen LogP contribution in [0.2, 0.25) is 0 Å². The SMILES string of the molecule is C1CN1.N=[N+](O)O. The first-order chi connectivity index (χ1) is 3.23. The summed E-state index contributed by atoms with van der Waals surface area (Å²) >= 11 is 0. The van der Waals surface area contributed by atoms with Gasteiger partial charge in [0.1, 0.15) is 0 Å². The van der Waals surface area contributed by atoms with Crippen LogP contribution in [0.4, 0.5) is 0 Å². The molecule has 0 radical (unpaired) electrons. The van der Waals surface area contributed by atoms with E-state index in [9.17, 15) is 0 Å². The second-order valence-corrected chi connectivity index (χ2v) is 1.04. The van der Waals surface area contributed by atoms with Crippen molar-refractivity contribution in [2.24, 2.45) is 0 Å². The molecule has 0 unspecified atom stereocenters. The standard InChI is InChI=1S/C2H5N.H3N2O2/c1-2-3-1;1-2(3)4/h3H,1-2H2;(H3,1,3,4)/q;+1. The number of nitrogens with zero attached hydrogens (tertiary/aromatic N) is 1. The first-order valence-electron chi connectivity index (χ1n) is 1.83. The van der Waals surface area contributed by atoms with Gasteiger partial charge < -0.3 is 5.32 Å². The Morgan fingerprint density at radius 3 is 1.57 bits per heavy atom. The van der Waals surface area contributed by atoms with Crippen molar-refractivity contribution in [2.45, 2.75) is 0 Å². The first kappa shape index (κ1) is 6.16. The van der Waals surface area contributed by atoms with Crippen molar-refractivity contribution >= 4 is 0 Å². The van der Waals surface area contributed by atoms with Crippen LogP contribution in [0.1, 0.15) is 0 Å². The lowest BCUT2D eigenvalue weighted by Gasteiger charge is -1.52. The molecule has 1 fully saturated rings. The Kier molecular flexibility index (Phi) is 2.95. The van der Waals surface area contributed by atoms with Gasteiger partial charge in [-0.15, -0.1) is 0 Å². The maximum atomic E-state index is 7.11. The van der Waals surface area contributed by atoms with E-state index in [4.69, 9.17) is 15.9 Å². The highest BCUT2D eigenvalue weighted by atomic mass is 16.8. The van der Waals surface area contributed by atoms with Gasteiger partial charge in [-0.1, -0.05) is 0 Å². The molecule has 1 rings (SSSR count). The molecular weight excluding hydrogens is 98.0 g/mol. The summed E-state index contributed by atoms with van der Waals surface area (Å²) < 4.78 is 0. The Hall–Kier alpha value is -0.840. The van der Waals surface area contributed by atoms with Gasteiger partial charge in [0.15, 0.2) is 0 Å². The van der Waals surface area contributed by atoms with Crippen LogP contribution in [0.5, 0.6) is 0 Å². The summed E-state index contributed by atoms with van der Waals surface area (Å²) in [7, 11) is 0. The van der Waals surface area contributed by atoms with E-state index in [-0.39, 0.29) is 0 Å². The smallest absolute Gasteiger partial charge is 0.314 e. The van der Waals surface area contributed by atoms with Gasteiger partial charge in [0.25, 0.3) is 0 Å². The quantitative estimate of drug-likeness (QED) is 0.189. The second-order valence-electron chi connectivity index (χ2n) is 1.04. The average Bonchev–Trinajstić information content (AvgIpc) is 2.02. The van der Waals surface area contributed by atoms with Crippen LogP contribution >= 0.6 is 0 Å². The van der Waals surface area contributed by atoms with Crippen LogP contribution in [0, 0.1) is 5.53 Å². The van der Waals surface area contributed by atoms with Gasteiger partial charge in [-0.25, -0.2) is 10.4 Å². The minimum atomic E-state index is -0.750. The summed E-state index contributed by atoms with van der Waals surface area (Å²) in [6.07, 6.45) is 0. The maximum absolute atomic E-state index is 7.11. The fourth-order valence-electron chi connectivity index (χ4n) is 0. The molecule has 0 atom stereocenters. The van der Waals surface area contributed by atoms with Gasteiger partial charge in [-0.3, -0.25) is 0 Å². The lowest BCUT2D eigenvalue weighted by Crippen LogP contribution is -1.86. The molecule has 5 nitrogen and oxygen atoms in total. The average molecular weight is 106 g/mol. The highest BCUT2D eigenvalue weighted by Crippen LogP contribution is 1.65. The predicted octanol–water partition coefficient (Wildman–Crippen LogP) is -0.602. The molecule has 1 heterocycles. The van der Waals surface area contributed by atoms with Crippen molar-refractivity contribution in [1.29, 1.82) is 5.53 Å². The zero-order chi connectivity index (χ0) is 5.70. The number of nitrogens with one attached hydrogen (secondary N) is 2. The molecule has 0 aromatic carbocycles. The topological polar surface area (TPSA) is 89.3 Å². The van der Waals surface area contributed by atoms with E-state index in [0.717, 1.165) is 0 Å². The summed E-state index contributed by atoms with van der Waals surface area (Å²) in [6.45, 7) is 2.50. The third-order valence-corrected chi connectivity index (χ3v) is 0.250. The summed E-state index contributed by atoms with van der Waals surface area (Å²) in [5, 5.41) is 16.5. The molecule has 0 aliphatic carbocycles. The van der Waals surface area contributed by atoms with Crippen molar-refractivity contribution in [1.82, 2.24) is 5.32 Å². The predicted molar refractivity (Wildman–Crippen MR) is 19.4 cm³/mol. The van der Waals surface area contributed by atoms with E-state index in [1.165, 1.54) is 13.1 Å². The summed E-state index contributed by atoms with van der Waals surface area (Å²) in [5.74, 6) is 0. The van der Waals surface area contributed by atoms with E-state index in [0.29, 0.717) is 0 Å². The molecule has 1 saturated heterocycles. The second kappa shape index (κ2) is 3.35. The molecular formula is C2H8N3O2+. The van der Waals surface area contributed by atoms with Crippen molar-refractivity contribution in [3.05, 3.63) is 0 Å². The molecule has 0 amide bonds. The molecule has 0 spiro atoms. The van der Waals surface area contributed by atoms with Gasteiger partial charge >= 0.3 is 5.02 Å². The molecule has 7 heavy (non-hydrogen) atoms. The number of hydrogen-bond acceptors (Lipinski definition) is 2. The minimum Gasteiger partial charge on any atom is -0.314 e. The van der Waals surface area contributed by atoms with Gasteiger partial charge in [0, 0.05) is 18.6 Å². The fraction of sp³-hybridized carbons (Fsp3) is 1.00. The molecule has 1 aliphatic rings. The zero-order valence-corrected chi connectivity index (χ0v) is 3.76. The van der Waals surface area contributed by atoms with Gasteiger partial charge in [-0.2, -0.15) is 0 Å². The summed E-state index contributed by atoms with van der Waals surface area (Å²) in [4.78, 5) is 0. The normalized spacial score (nSPS) is 13.7. The van der Waals surface area contributed by atoms with E-state index in [1.807, 2.05) is 0 Å². The van der Waals surface area contributed by atoms with Crippen LogP contribution < -0.4 is 5.32 Å². The van der Waals surface area contributed by atoms with E-state index >= 15 is 0 Å². The van der Waals surface area contributed by atoms with Gasteiger partial charge in [0.05, 0.1) is 0 Å². The molecule has 42 valence electrons. The minimum absolute atomic E-state index is 0.750. The Labute approximate surface area is 40.6 Å². The highest BCUT2D eigenvalue weighted by Gasteiger charge is 1.91. The first-order valence-corrected chi connectivity index (χ1v) is 1.83. The van der Waals surface area contributed by atoms with Crippen LogP contribution in [0.25, 0.3) is 0 Å². The molecule has 0 aromatic rings. The molecule has 0 bridgehead atoms. The van der Waals surface area contributed by atoms with Crippen molar-refractivity contribution < 1.29 is 15.4 Å². The van der Waals surface area contributed by atoms with E-state index in [1.54, 1.807) is 0 Å². The van der Waals surface area contributed by atoms with Crippen LogP contribution in [-0.2, 0) is 0 Å². The number of rotatable bonds is 0. The largest absolute Gasteiger partial charge is 0.326 e. The lowest BCUT2D eigenvalue weighted by atomic mass is 11.0. The molecule has 5 heteroatoms. The van der Waals surface area contributed by atoms with Gasteiger partial charge in [-0.05, 0) is 0 Å². The number of hydrogen-bond donors (Lipinski definition) is 4. The van der Waals surface area contributed by atoms with Crippen LogP contribution in [0.3, 0.4) is 0 Å². The zero-order valence-electron chi connectivity index (χ0n) is 3.76. The van der Waals surface area contributed by atoms with Crippen LogP contribution in [-0.4, -0.2) is 28.5 Å². The third kappa shape index (κ3) is 2010. The Balaban J connectivity index is 0.000000105. The van der Waals surface area contributed by atoms with Crippen molar-refractivity contribution in [2.75, 3.05) is 13.1 Å². The fourth-order valence-corrected chi connectivity index (χ4v) is 0. The Morgan fingerprint density at radius 1 is 1.43 bits per heavy atom. The molecule has 1 aliphatic heterocycles. The maximum Gasteiger partial charge on any atom is 0.326 e. The van der Waals surface area contributed by atoms with Crippen molar-refractivity contribution in [3.63, 3.8) is 0 Å². The lowest BCUT2D eigenvalue weighted by molar-refractivity contribution is -1.01. The molecule has 0 saturated carbocycles. The highest BCUT2D eigenvalue weighted by molar-refractivity contribution is 4.58.